The van der Waals surface area contributed by atoms with Crippen molar-refractivity contribution in [2.75, 3.05) is 0 Å². The molecule has 0 unspecified atom stereocenters. The summed E-state index contributed by atoms with van der Waals surface area (Å²) >= 11 is 0. The molecule has 0 radical (unpaired) electrons. The van der Waals surface area contributed by atoms with Gasteiger partial charge in [-0.2, -0.15) is 0 Å². The smallest absolute Gasteiger partial charge is 0.790 e. The van der Waals surface area contributed by atoms with Gasteiger partial charge >= 0.3 is 37.7 Å². The zero-order valence-corrected chi connectivity index (χ0v) is 8.38. The summed E-state index contributed by atoms with van der Waals surface area (Å²) in [5.41, 5.74) is 0. The van der Waals surface area contributed by atoms with E-state index >= 15 is 0 Å². The Morgan fingerprint density at radius 2 is 0.833 bits per heavy atom. The zero-order valence-electron chi connectivity index (χ0n) is 5.28. The van der Waals surface area contributed by atoms with Crippen LogP contribution in [0.4, 0.5) is 28.2 Å². The normalized spacial score (nSPS) is 4.92. The van der Waals surface area contributed by atoms with Gasteiger partial charge in [0.15, 0.2) is 0 Å². The van der Waals surface area contributed by atoms with Crippen molar-refractivity contribution in [3.05, 3.63) is 0 Å². The molecule has 0 bridgehead atoms. The van der Waals surface area contributed by atoms with Crippen LogP contribution in [0.15, 0.2) is 0 Å². The Kier molecular flexibility index (Phi) is 187. The molecule has 0 fully saturated rings. The van der Waals surface area contributed by atoms with Crippen LogP contribution in [-0.2, 0) is 4.57 Å². The van der Waals surface area contributed by atoms with E-state index in [1.165, 1.54) is 0 Å². The Morgan fingerprint density at radius 3 is 0.833 bits per heavy atom. The van der Waals surface area contributed by atoms with Gasteiger partial charge in [0.25, 0.3) is 0 Å². The molecule has 0 rings (SSSR count). The summed E-state index contributed by atoms with van der Waals surface area (Å²) in [7, 11) is -5.14. The Hall–Kier alpha value is 0.950. The van der Waals surface area contributed by atoms with Gasteiger partial charge in [-0.1, -0.05) is 0 Å². The van der Waals surface area contributed by atoms with Crippen LogP contribution in [0.1, 0.15) is 0 Å². The molecule has 0 saturated carbocycles. The number of hydrogen-bond acceptors (Lipinski definition) is 3. The van der Waals surface area contributed by atoms with Crippen LogP contribution in [0.5, 0.6) is 0 Å². The molecular formula is H7CaF6O4P. The summed E-state index contributed by atoms with van der Waals surface area (Å²) in [6.45, 7) is 0. The van der Waals surface area contributed by atoms with Crippen LogP contribution in [-0.4, -0.2) is 42.6 Å². The molecule has 0 spiro atoms. The van der Waals surface area contributed by atoms with E-state index in [-0.39, 0.29) is 66.0 Å². The third-order valence-corrected chi connectivity index (χ3v) is 0. The molecule has 0 amide bonds. The molecule has 0 aromatic heterocycles. The first-order valence-corrected chi connectivity index (χ1v) is 2.24. The van der Waals surface area contributed by atoms with E-state index < -0.39 is 7.82 Å². The minimum Gasteiger partial charge on any atom is -0.790 e. The summed E-state index contributed by atoms with van der Waals surface area (Å²) in [6.07, 6.45) is 0. The maximum atomic E-state index is 8.66. The van der Waals surface area contributed by atoms with E-state index in [4.69, 9.17) is 19.2 Å². The molecular weight excluding hydrogens is 249 g/mol. The molecule has 0 aromatic rings. The third kappa shape index (κ3) is 1200. The van der Waals surface area contributed by atoms with E-state index in [9.17, 15) is 0 Å². The minimum absolute atomic E-state index is 0. The average molecular weight is 256 g/mol. The molecule has 0 aliphatic heterocycles. The van der Waals surface area contributed by atoms with Crippen molar-refractivity contribution < 1.29 is 47.5 Å². The number of hydrogen-bond donors (Lipinski definition) is 1. The van der Waals surface area contributed by atoms with E-state index in [1.54, 1.807) is 0 Å². The van der Waals surface area contributed by atoms with Gasteiger partial charge in [-0.25, -0.2) is 0 Å². The van der Waals surface area contributed by atoms with Crippen LogP contribution >= 0.6 is 7.82 Å². The van der Waals surface area contributed by atoms with Gasteiger partial charge in [0, 0.05) is 0 Å². The molecule has 0 heterocycles. The number of rotatable bonds is 0. The maximum Gasteiger partial charge on any atom is 2.00 e. The Bertz CT molecular complexity index is 65.7. The van der Waals surface area contributed by atoms with E-state index in [0.717, 1.165) is 0 Å². The van der Waals surface area contributed by atoms with Crippen molar-refractivity contribution in [2.24, 2.45) is 0 Å². The van der Waals surface area contributed by atoms with E-state index in [1.807, 2.05) is 0 Å². The molecule has 0 saturated heterocycles. The van der Waals surface area contributed by atoms with Crippen LogP contribution in [0, 0.1) is 0 Å². The number of phosphoric acid groups is 1. The van der Waals surface area contributed by atoms with Crippen molar-refractivity contribution in [2.45, 2.75) is 0 Å². The first-order valence-electron chi connectivity index (χ1n) is 0.748. The Morgan fingerprint density at radius 1 is 0.833 bits per heavy atom. The molecule has 0 atom stereocenters. The van der Waals surface area contributed by atoms with Gasteiger partial charge in [-0.3, -0.25) is 28.2 Å². The Labute approximate surface area is 92.8 Å². The fourth-order valence-electron chi connectivity index (χ4n) is 0. The summed E-state index contributed by atoms with van der Waals surface area (Å²) < 4.78 is 8.66. The monoisotopic (exact) mass is 256 g/mol. The summed E-state index contributed by atoms with van der Waals surface area (Å²) in [5, 5.41) is 0. The zero-order chi connectivity index (χ0) is 4.50. The van der Waals surface area contributed by atoms with Gasteiger partial charge in [0.1, 0.15) is 0 Å². The topological polar surface area (TPSA) is 83.4 Å². The Balaban J connectivity index is -0.00000000381. The molecule has 12 heteroatoms. The van der Waals surface area contributed by atoms with Gasteiger partial charge in [0.2, 0.25) is 0 Å². The second-order valence-electron chi connectivity index (χ2n) is 0.469. The SMILES string of the molecule is F.F.F.F.F.F.O=P([O-])([O-])O.[Ca+2]. The molecule has 0 aliphatic carbocycles. The molecule has 0 aliphatic rings. The first-order chi connectivity index (χ1) is 2.00. The summed E-state index contributed by atoms with van der Waals surface area (Å²) in [4.78, 5) is 24.3. The fourth-order valence-corrected chi connectivity index (χ4v) is 0. The summed E-state index contributed by atoms with van der Waals surface area (Å²) in [5.74, 6) is 0. The maximum absolute atomic E-state index is 8.66. The second kappa shape index (κ2) is 29.7. The van der Waals surface area contributed by atoms with Crippen molar-refractivity contribution in [3.63, 3.8) is 0 Å². The van der Waals surface area contributed by atoms with Gasteiger partial charge in [-0.15, -0.1) is 0 Å². The minimum atomic E-state index is -5.14. The van der Waals surface area contributed by atoms with Gasteiger partial charge in [0.05, 0.1) is 7.82 Å². The standard InChI is InChI=1S/Ca.6FH.H3O4P/c;;;;;;;1-5(2,3)4/h;6*1H;(H3,1,2,3,4)/q+2;;;;;;;/p-2. The van der Waals surface area contributed by atoms with Crippen molar-refractivity contribution in [1.29, 1.82) is 0 Å². The van der Waals surface area contributed by atoms with Gasteiger partial charge < -0.3 is 19.2 Å². The molecule has 4 nitrogen and oxygen atoms in total. The number of halogens is 6. The fraction of sp³-hybridized carbons (Fsp3) is 0. The average Bonchev–Trinajstić information content (AvgIpc) is 0.722. The van der Waals surface area contributed by atoms with Crippen LogP contribution in [0.25, 0.3) is 0 Å². The molecule has 1 N–H and O–H groups in total. The predicted octanol–water partition coefficient (Wildman–Crippen LogP) is -1.66. The van der Waals surface area contributed by atoms with Crippen molar-refractivity contribution >= 4 is 45.6 Å². The van der Waals surface area contributed by atoms with E-state index in [2.05, 4.69) is 0 Å². The van der Waals surface area contributed by atoms with Gasteiger partial charge in [-0.05, 0) is 0 Å². The molecule has 0 aromatic carbocycles. The van der Waals surface area contributed by atoms with Crippen LogP contribution in [0.3, 0.4) is 0 Å². The summed E-state index contributed by atoms with van der Waals surface area (Å²) in [6, 6.07) is 0. The van der Waals surface area contributed by atoms with Crippen molar-refractivity contribution in [3.8, 4) is 0 Å². The third-order valence-electron chi connectivity index (χ3n) is 0. The molecule has 80 valence electrons. The first kappa shape index (κ1) is 75.5. The predicted molar refractivity (Wildman–Crippen MR) is 30.6 cm³/mol. The van der Waals surface area contributed by atoms with E-state index in [0.29, 0.717) is 0 Å². The quantitative estimate of drug-likeness (QED) is 0.319. The van der Waals surface area contributed by atoms with Crippen LogP contribution < -0.4 is 9.79 Å². The second-order valence-corrected chi connectivity index (χ2v) is 1.41. The van der Waals surface area contributed by atoms with Crippen molar-refractivity contribution in [1.82, 2.24) is 0 Å². The molecule has 12 heavy (non-hydrogen) atoms. The van der Waals surface area contributed by atoms with Crippen LogP contribution in [0.2, 0.25) is 0 Å². The largest absolute Gasteiger partial charge is 2.00 e.